The highest BCUT2D eigenvalue weighted by Crippen LogP contribution is 2.37. The van der Waals surface area contributed by atoms with Gasteiger partial charge in [0, 0.05) is 0 Å². The van der Waals surface area contributed by atoms with Crippen LogP contribution in [0.25, 0.3) is 0 Å². The Morgan fingerprint density at radius 1 is 1.38 bits per heavy atom. The lowest BCUT2D eigenvalue weighted by Crippen LogP contribution is -2.18. The summed E-state index contributed by atoms with van der Waals surface area (Å²) in [5.41, 5.74) is 2.79. The first-order valence-corrected chi connectivity index (χ1v) is 8.46. The number of hydrazone groups is 1. The predicted octanol–water partition coefficient (Wildman–Crippen LogP) is 4.43. The number of hydrogen-bond donors (Lipinski definition) is 1. The molecule has 0 saturated carbocycles. The maximum atomic E-state index is 13.6. The molecular weight excluding hydrogens is 359 g/mol. The molecule has 1 atom stereocenters. The van der Waals surface area contributed by atoms with E-state index in [2.05, 4.69) is 10.5 Å². The molecule has 0 aliphatic carbocycles. The molecule has 0 aliphatic rings. The largest absolute Gasteiger partial charge is 0.493 e. The van der Waals surface area contributed by atoms with Gasteiger partial charge in [-0.05, 0) is 43.2 Å². The van der Waals surface area contributed by atoms with E-state index in [-0.39, 0.29) is 11.7 Å². The molecule has 2 rings (SSSR count). The van der Waals surface area contributed by atoms with Crippen LogP contribution < -0.4 is 14.9 Å². The van der Waals surface area contributed by atoms with Crippen LogP contribution >= 0.6 is 11.6 Å². The van der Waals surface area contributed by atoms with E-state index in [1.807, 2.05) is 13.8 Å². The number of amides is 1. The maximum absolute atomic E-state index is 13.6. The summed E-state index contributed by atoms with van der Waals surface area (Å²) in [5, 5.41) is 4.20. The fraction of sp³-hybridized carbons (Fsp3) is 0.263. The predicted molar refractivity (Wildman–Crippen MR) is 99.8 cm³/mol. The second-order valence-corrected chi connectivity index (χ2v) is 5.96. The number of halogens is 2. The van der Waals surface area contributed by atoms with Gasteiger partial charge in [-0.3, -0.25) is 4.79 Å². The summed E-state index contributed by atoms with van der Waals surface area (Å²) in [6.45, 7) is 3.94. The van der Waals surface area contributed by atoms with Crippen molar-refractivity contribution >= 4 is 23.7 Å². The zero-order chi connectivity index (χ0) is 19.1. The van der Waals surface area contributed by atoms with Crippen molar-refractivity contribution in [3.63, 3.8) is 0 Å². The summed E-state index contributed by atoms with van der Waals surface area (Å²) in [6.07, 6.45) is 2.20. The van der Waals surface area contributed by atoms with E-state index in [1.54, 1.807) is 18.2 Å². The molecule has 2 aromatic rings. The van der Waals surface area contributed by atoms with Crippen molar-refractivity contribution in [2.45, 2.75) is 26.4 Å². The molecular formula is C19H20ClFN2O3. The van der Waals surface area contributed by atoms with E-state index >= 15 is 0 Å². The Hall–Kier alpha value is -2.60. The molecule has 1 amide bonds. The number of nitrogens with one attached hydrogen (secondary N) is 1. The molecule has 1 N–H and O–H groups in total. The van der Waals surface area contributed by atoms with Crippen LogP contribution in [0, 0.1) is 5.82 Å². The van der Waals surface area contributed by atoms with Crippen LogP contribution in [0.5, 0.6) is 11.5 Å². The molecule has 0 saturated heterocycles. The maximum Gasteiger partial charge on any atom is 0.274 e. The number of benzene rings is 2. The minimum atomic E-state index is -0.644. The Labute approximate surface area is 156 Å². The Morgan fingerprint density at radius 2 is 2.12 bits per heavy atom. The van der Waals surface area contributed by atoms with Gasteiger partial charge in [0.25, 0.3) is 5.91 Å². The number of rotatable bonds is 7. The van der Waals surface area contributed by atoms with Crippen LogP contribution in [0.15, 0.2) is 41.5 Å². The van der Waals surface area contributed by atoms with Crippen LogP contribution in [-0.2, 0) is 0 Å². The SMILES string of the molecule is CC[C@H](C)Oc1c(Cl)cc(/C=N\NC(=O)c2ccccc2F)cc1OC. The van der Waals surface area contributed by atoms with Crippen LogP contribution in [0.2, 0.25) is 5.02 Å². The molecule has 138 valence electrons. The Bertz CT molecular complexity index is 811. The molecule has 0 aliphatic heterocycles. The van der Waals surface area contributed by atoms with E-state index < -0.39 is 11.7 Å². The molecule has 0 spiro atoms. The van der Waals surface area contributed by atoms with Crippen LogP contribution in [0.1, 0.15) is 36.2 Å². The van der Waals surface area contributed by atoms with Crippen molar-refractivity contribution in [2.75, 3.05) is 7.11 Å². The van der Waals surface area contributed by atoms with E-state index in [0.29, 0.717) is 22.1 Å². The summed E-state index contributed by atoms with van der Waals surface area (Å²) >= 11 is 6.27. The van der Waals surface area contributed by atoms with Crippen molar-refractivity contribution in [3.8, 4) is 11.5 Å². The molecule has 0 radical (unpaired) electrons. The molecule has 0 bridgehead atoms. The van der Waals surface area contributed by atoms with Crippen molar-refractivity contribution < 1.29 is 18.7 Å². The van der Waals surface area contributed by atoms with Gasteiger partial charge < -0.3 is 9.47 Å². The summed E-state index contributed by atoms with van der Waals surface area (Å²) in [5.74, 6) is -0.346. The molecule has 7 heteroatoms. The smallest absolute Gasteiger partial charge is 0.274 e. The number of hydrogen-bond acceptors (Lipinski definition) is 4. The van der Waals surface area contributed by atoms with Crippen LogP contribution in [0.4, 0.5) is 4.39 Å². The number of nitrogens with zero attached hydrogens (tertiary/aromatic N) is 1. The number of ether oxygens (including phenoxy) is 2. The third-order valence-electron chi connectivity index (χ3n) is 3.64. The first-order chi connectivity index (χ1) is 12.5. The normalized spacial score (nSPS) is 12.0. The van der Waals surface area contributed by atoms with Gasteiger partial charge in [0.05, 0.1) is 30.0 Å². The number of carbonyl (C=O) groups is 1. The highest BCUT2D eigenvalue weighted by molar-refractivity contribution is 6.32. The highest BCUT2D eigenvalue weighted by atomic mass is 35.5. The van der Waals surface area contributed by atoms with Gasteiger partial charge >= 0.3 is 0 Å². The molecule has 5 nitrogen and oxygen atoms in total. The minimum absolute atomic E-state index is 0.0130. The summed E-state index contributed by atoms with van der Waals surface area (Å²) in [6, 6.07) is 8.98. The van der Waals surface area contributed by atoms with Gasteiger partial charge in [-0.2, -0.15) is 5.10 Å². The Balaban J connectivity index is 2.14. The second-order valence-electron chi connectivity index (χ2n) is 5.55. The fourth-order valence-corrected chi connectivity index (χ4v) is 2.35. The molecule has 0 heterocycles. The standard InChI is InChI=1S/C19H20ClFN2O3/c1-4-12(2)26-18-15(20)9-13(10-17(18)25-3)11-22-23-19(24)14-7-5-6-8-16(14)21/h5-12H,4H2,1-3H3,(H,23,24)/b22-11-/t12-/m0/s1. The van der Waals surface area contributed by atoms with E-state index in [0.717, 1.165) is 6.42 Å². The van der Waals surface area contributed by atoms with E-state index in [9.17, 15) is 9.18 Å². The second kappa shape index (κ2) is 9.20. The Morgan fingerprint density at radius 3 is 2.77 bits per heavy atom. The molecule has 0 aromatic heterocycles. The van der Waals surface area contributed by atoms with Crippen molar-refractivity contribution in [2.24, 2.45) is 5.10 Å². The number of methoxy groups -OCH3 is 1. The lowest BCUT2D eigenvalue weighted by atomic mass is 10.2. The number of carbonyl (C=O) groups excluding carboxylic acids is 1. The van der Waals surface area contributed by atoms with E-state index in [4.69, 9.17) is 21.1 Å². The van der Waals surface area contributed by atoms with Crippen molar-refractivity contribution in [3.05, 3.63) is 58.4 Å². The average Bonchev–Trinajstić information content (AvgIpc) is 2.63. The topological polar surface area (TPSA) is 59.9 Å². The van der Waals surface area contributed by atoms with Gasteiger partial charge in [-0.25, -0.2) is 9.82 Å². The highest BCUT2D eigenvalue weighted by Gasteiger charge is 2.14. The zero-order valence-electron chi connectivity index (χ0n) is 14.8. The summed E-state index contributed by atoms with van der Waals surface area (Å²) < 4.78 is 24.6. The lowest BCUT2D eigenvalue weighted by Gasteiger charge is -2.17. The zero-order valence-corrected chi connectivity index (χ0v) is 15.5. The van der Waals surface area contributed by atoms with Crippen molar-refractivity contribution in [1.82, 2.24) is 5.43 Å². The quantitative estimate of drug-likeness (QED) is 0.572. The fourth-order valence-electron chi connectivity index (χ4n) is 2.08. The monoisotopic (exact) mass is 378 g/mol. The molecule has 0 unspecified atom stereocenters. The third kappa shape index (κ3) is 4.95. The average molecular weight is 379 g/mol. The van der Waals surface area contributed by atoms with Gasteiger partial charge in [0.15, 0.2) is 11.5 Å². The van der Waals surface area contributed by atoms with Gasteiger partial charge in [-0.15, -0.1) is 0 Å². The molecule has 26 heavy (non-hydrogen) atoms. The Kier molecular flexibility index (Phi) is 6.97. The van der Waals surface area contributed by atoms with Crippen LogP contribution in [-0.4, -0.2) is 25.3 Å². The first kappa shape index (κ1) is 19.7. The lowest BCUT2D eigenvalue weighted by molar-refractivity contribution is 0.0951. The third-order valence-corrected chi connectivity index (χ3v) is 3.92. The van der Waals surface area contributed by atoms with Crippen LogP contribution in [0.3, 0.4) is 0 Å². The minimum Gasteiger partial charge on any atom is -0.493 e. The molecule has 2 aromatic carbocycles. The molecule has 0 fully saturated rings. The summed E-state index contributed by atoms with van der Waals surface area (Å²) in [7, 11) is 1.51. The first-order valence-electron chi connectivity index (χ1n) is 8.08. The van der Waals surface area contributed by atoms with Crippen molar-refractivity contribution in [1.29, 1.82) is 0 Å². The van der Waals surface area contributed by atoms with Gasteiger partial charge in [0.2, 0.25) is 0 Å². The van der Waals surface area contributed by atoms with Gasteiger partial charge in [-0.1, -0.05) is 30.7 Å². The van der Waals surface area contributed by atoms with Gasteiger partial charge in [0.1, 0.15) is 5.82 Å². The summed E-state index contributed by atoms with van der Waals surface area (Å²) in [4.78, 5) is 11.9. The van der Waals surface area contributed by atoms with E-state index in [1.165, 1.54) is 31.5 Å².